The van der Waals surface area contributed by atoms with Gasteiger partial charge in [0.2, 0.25) is 5.91 Å². The Morgan fingerprint density at radius 2 is 1.76 bits per heavy atom. The summed E-state index contributed by atoms with van der Waals surface area (Å²) in [4.78, 5) is 26.5. The van der Waals surface area contributed by atoms with Gasteiger partial charge in [0.15, 0.2) is 0 Å². The molecule has 0 heterocycles. The predicted molar refractivity (Wildman–Crippen MR) is 101 cm³/mol. The van der Waals surface area contributed by atoms with Crippen LogP contribution in [0.25, 0.3) is 0 Å². The number of para-hydroxylation sites is 1. The van der Waals surface area contributed by atoms with E-state index in [1.807, 2.05) is 0 Å². The SMILES string of the molecule is CN(C(=O)C1CC1)c1ccccc1C(=O)Nc1cc(Cl)c(N)c(Cl)c1. The predicted octanol–water partition coefficient (Wildman–Crippen LogP) is 4.20. The highest BCUT2D eigenvalue weighted by molar-refractivity contribution is 6.39. The van der Waals surface area contributed by atoms with Crippen LogP contribution in [0.1, 0.15) is 23.2 Å². The molecule has 1 aliphatic carbocycles. The molecule has 2 amide bonds. The molecular weight excluding hydrogens is 361 g/mol. The Kier molecular flexibility index (Phi) is 4.88. The molecule has 7 heteroatoms. The van der Waals surface area contributed by atoms with E-state index in [0.717, 1.165) is 12.8 Å². The Labute approximate surface area is 155 Å². The van der Waals surface area contributed by atoms with Gasteiger partial charge in [-0.3, -0.25) is 9.59 Å². The van der Waals surface area contributed by atoms with E-state index in [1.165, 1.54) is 17.0 Å². The van der Waals surface area contributed by atoms with Crippen molar-refractivity contribution in [1.29, 1.82) is 0 Å². The fourth-order valence-corrected chi connectivity index (χ4v) is 3.02. The zero-order chi connectivity index (χ0) is 18.1. The number of nitrogens with one attached hydrogen (secondary N) is 1. The maximum Gasteiger partial charge on any atom is 0.257 e. The van der Waals surface area contributed by atoms with Crippen LogP contribution in [0.4, 0.5) is 17.1 Å². The summed E-state index contributed by atoms with van der Waals surface area (Å²) < 4.78 is 0. The van der Waals surface area contributed by atoms with Gasteiger partial charge in [-0.1, -0.05) is 35.3 Å². The highest BCUT2D eigenvalue weighted by Gasteiger charge is 2.33. The largest absolute Gasteiger partial charge is 0.396 e. The Hall–Kier alpha value is -2.24. The second-order valence-corrected chi connectivity index (χ2v) is 6.81. The highest BCUT2D eigenvalue weighted by Crippen LogP contribution is 2.34. The first-order valence-corrected chi connectivity index (χ1v) is 8.56. The molecule has 3 rings (SSSR count). The number of hydrogen-bond donors (Lipinski definition) is 2. The third-order valence-electron chi connectivity index (χ3n) is 4.10. The van der Waals surface area contributed by atoms with Crippen LogP contribution in [0.2, 0.25) is 10.0 Å². The number of nitrogen functional groups attached to an aromatic ring is 1. The first-order chi connectivity index (χ1) is 11.9. The van der Waals surface area contributed by atoms with E-state index in [9.17, 15) is 9.59 Å². The molecule has 2 aromatic rings. The maximum absolute atomic E-state index is 12.7. The molecule has 0 saturated heterocycles. The van der Waals surface area contributed by atoms with Gasteiger partial charge < -0.3 is 16.0 Å². The van der Waals surface area contributed by atoms with Gasteiger partial charge >= 0.3 is 0 Å². The summed E-state index contributed by atoms with van der Waals surface area (Å²) in [5.74, 6) is -0.266. The second-order valence-electron chi connectivity index (χ2n) is 6.00. The number of hydrogen-bond acceptors (Lipinski definition) is 3. The Bertz CT molecular complexity index is 827. The van der Waals surface area contributed by atoms with E-state index in [2.05, 4.69) is 5.32 Å². The molecule has 0 radical (unpaired) electrons. The van der Waals surface area contributed by atoms with E-state index in [4.69, 9.17) is 28.9 Å². The average Bonchev–Trinajstić information content (AvgIpc) is 3.43. The van der Waals surface area contributed by atoms with E-state index >= 15 is 0 Å². The number of carbonyl (C=O) groups is 2. The van der Waals surface area contributed by atoms with Crippen molar-refractivity contribution in [2.75, 3.05) is 23.0 Å². The molecule has 0 bridgehead atoms. The summed E-state index contributed by atoms with van der Waals surface area (Å²) in [5, 5.41) is 3.27. The van der Waals surface area contributed by atoms with Crippen LogP contribution in [0.3, 0.4) is 0 Å². The monoisotopic (exact) mass is 377 g/mol. The minimum atomic E-state index is -0.358. The van der Waals surface area contributed by atoms with E-state index in [0.29, 0.717) is 16.9 Å². The minimum Gasteiger partial charge on any atom is -0.396 e. The number of nitrogens with two attached hydrogens (primary N) is 1. The third kappa shape index (κ3) is 3.72. The van der Waals surface area contributed by atoms with Gasteiger partial charge in [0, 0.05) is 18.7 Å². The van der Waals surface area contributed by atoms with Crippen LogP contribution >= 0.6 is 23.2 Å². The molecule has 0 unspecified atom stereocenters. The number of amides is 2. The van der Waals surface area contributed by atoms with Crippen molar-refractivity contribution in [3.05, 3.63) is 52.0 Å². The van der Waals surface area contributed by atoms with Gasteiger partial charge in [-0.15, -0.1) is 0 Å². The van der Waals surface area contributed by atoms with Crippen LogP contribution < -0.4 is 16.0 Å². The van der Waals surface area contributed by atoms with Crippen molar-refractivity contribution in [3.8, 4) is 0 Å². The van der Waals surface area contributed by atoms with Crippen LogP contribution in [0.5, 0.6) is 0 Å². The summed E-state index contributed by atoms with van der Waals surface area (Å²) in [7, 11) is 1.68. The zero-order valence-electron chi connectivity index (χ0n) is 13.6. The van der Waals surface area contributed by atoms with E-state index < -0.39 is 0 Å². The topological polar surface area (TPSA) is 75.4 Å². The second kappa shape index (κ2) is 6.94. The van der Waals surface area contributed by atoms with Crippen LogP contribution in [-0.2, 0) is 4.79 Å². The van der Waals surface area contributed by atoms with Gasteiger partial charge in [0.1, 0.15) is 0 Å². The molecule has 0 aliphatic heterocycles. The molecule has 1 saturated carbocycles. The van der Waals surface area contributed by atoms with Crippen molar-refractivity contribution in [3.63, 3.8) is 0 Å². The molecule has 3 N–H and O–H groups in total. The van der Waals surface area contributed by atoms with Gasteiger partial charge in [-0.25, -0.2) is 0 Å². The number of anilines is 3. The Morgan fingerprint density at radius 3 is 2.36 bits per heavy atom. The summed E-state index contributed by atoms with van der Waals surface area (Å²) in [6.07, 6.45) is 1.81. The van der Waals surface area contributed by atoms with Gasteiger partial charge in [-0.2, -0.15) is 0 Å². The Balaban J connectivity index is 1.86. The fourth-order valence-electron chi connectivity index (χ4n) is 2.54. The maximum atomic E-state index is 12.7. The van der Waals surface area contributed by atoms with Crippen molar-refractivity contribution < 1.29 is 9.59 Å². The van der Waals surface area contributed by atoms with E-state index in [-0.39, 0.29) is 33.5 Å². The van der Waals surface area contributed by atoms with Crippen LogP contribution in [0, 0.1) is 5.92 Å². The molecule has 0 atom stereocenters. The van der Waals surface area contributed by atoms with Gasteiger partial charge in [-0.05, 0) is 37.1 Å². The third-order valence-corrected chi connectivity index (χ3v) is 4.73. The lowest BCUT2D eigenvalue weighted by atomic mass is 10.1. The van der Waals surface area contributed by atoms with Crippen molar-refractivity contribution in [2.45, 2.75) is 12.8 Å². The van der Waals surface area contributed by atoms with Crippen molar-refractivity contribution >= 4 is 52.1 Å². The lowest BCUT2D eigenvalue weighted by molar-refractivity contribution is -0.119. The molecule has 5 nitrogen and oxygen atoms in total. The molecule has 25 heavy (non-hydrogen) atoms. The standard InChI is InChI=1S/C18H17Cl2N3O2/c1-23(18(25)10-6-7-10)15-5-3-2-4-12(15)17(24)22-11-8-13(19)16(21)14(20)9-11/h2-5,8-10H,6-7,21H2,1H3,(H,22,24). The average molecular weight is 378 g/mol. The van der Waals surface area contributed by atoms with Crippen molar-refractivity contribution in [2.24, 2.45) is 5.92 Å². The van der Waals surface area contributed by atoms with Crippen LogP contribution in [0.15, 0.2) is 36.4 Å². The fraction of sp³-hybridized carbons (Fsp3) is 0.222. The van der Waals surface area contributed by atoms with E-state index in [1.54, 1.807) is 31.3 Å². The molecule has 0 aromatic heterocycles. The molecule has 2 aromatic carbocycles. The smallest absolute Gasteiger partial charge is 0.257 e. The lowest BCUT2D eigenvalue weighted by Crippen LogP contribution is -2.29. The number of benzene rings is 2. The molecule has 1 fully saturated rings. The molecule has 0 spiro atoms. The summed E-state index contributed by atoms with van der Waals surface area (Å²) >= 11 is 12.0. The zero-order valence-corrected chi connectivity index (χ0v) is 15.1. The normalized spacial score (nSPS) is 13.4. The summed E-state index contributed by atoms with van der Waals surface area (Å²) in [6.45, 7) is 0. The van der Waals surface area contributed by atoms with Crippen LogP contribution in [-0.4, -0.2) is 18.9 Å². The lowest BCUT2D eigenvalue weighted by Gasteiger charge is -2.20. The summed E-state index contributed by atoms with van der Waals surface area (Å²) in [5.41, 5.74) is 7.35. The first kappa shape index (κ1) is 17.6. The molecule has 130 valence electrons. The number of nitrogens with zero attached hydrogens (tertiary/aromatic N) is 1. The van der Waals surface area contributed by atoms with Gasteiger partial charge in [0.25, 0.3) is 5.91 Å². The number of rotatable bonds is 4. The number of carbonyl (C=O) groups excluding carboxylic acids is 2. The molecular formula is C18H17Cl2N3O2. The minimum absolute atomic E-state index is 0.0267. The van der Waals surface area contributed by atoms with Gasteiger partial charge in [0.05, 0.1) is 27.0 Å². The quantitative estimate of drug-likeness (QED) is 0.783. The number of halogens is 2. The molecule has 1 aliphatic rings. The summed E-state index contributed by atoms with van der Waals surface area (Å²) in [6, 6.07) is 10.0. The highest BCUT2D eigenvalue weighted by atomic mass is 35.5. The van der Waals surface area contributed by atoms with Crippen molar-refractivity contribution in [1.82, 2.24) is 0 Å². The Morgan fingerprint density at radius 1 is 1.16 bits per heavy atom. The first-order valence-electron chi connectivity index (χ1n) is 7.81.